The molecule has 4 nitrogen and oxygen atoms in total. The molecule has 0 spiro atoms. The summed E-state index contributed by atoms with van der Waals surface area (Å²) in [6.07, 6.45) is 0.732. The number of imidazole rings is 1. The number of hydrogen-bond donors (Lipinski definition) is 1. The average Bonchev–Trinajstić information content (AvgIpc) is 3.00. The van der Waals surface area contributed by atoms with E-state index in [1.165, 1.54) is 12.1 Å². The SMILES string of the molecule is [B]c1ccccc1Cn1c(=N)n(CCCOc2ccc(F)cc2)c2ccccc21. The second-order valence-electron chi connectivity index (χ2n) is 6.90. The van der Waals surface area contributed by atoms with Gasteiger partial charge >= 0.3 is 0 Å². The maximum absolute atomic E-state index is 13.0. The largest absolute Gasteiger partial charge is 0.494 e. The Bertz CT molecular complexity index is 1180. The molecule has 1 N–H and O–H groups in total. The van der Waals surface area contributed by atoms with Crippen LogP contribution in [-0.4, -0.2) is 23.6 Å². The van der Waals surface area contributed by atoms with E-state index >= 15 is 0 Å². The smallest absolute Gasteiger partial charge is 0.203 e. The number of nitrogens with one attached hydrogen (secondary N) is 1. The molecule has 4 rings (SSSR count). The number of halogens is 1. The molecule has 0 saturated heterocycles. The third kappa shape index (κ3) is 4.11. The van der Waals surface area contributed by atoms with Gasteiger partial charge in [0.15, 0.2) is 0 Å². The molecule has 1 aromatic heterocycles. The van der Waals surface area contributed by atoms with Gasteiger partial charge in [-0.3, -0.25) is 5.41 Å². The van der Waals surface area contributed by atoms with Gasteiger partial charge < -0.3 is 13.9 Å². The minimum absolute atomic E-state index is 0.279. The Hall–Kier alpha value is -3.28. The van der Waals surface area contributed by atoms with Crippen LogP contribution < -0.4 is 15.8 Å². The zero-order valence-electron chi connectivity index (χ0n) is 16.0. The van der Waals surface area contributed by atoms with Gasteiger partial charge in [0.05, 0.1) is 24.2 Å². The monoisotopic (exact) mass is 385 g/mol. The number of aryl methyl sites for hydroxylation is 1. The van der Waals surface area contributed by atoms with E-state index in [9.17, 15) is 4.39 Å². The van der Waals surface area contributed by atoms with Crippen LogP contribution in [0.25, 0.3) is 11.0 Å². The molecule has 3 aromatic carbocycles. The standard InChI is InChI=1S/C23H21BFN3O/c24-20-7-2-1-6-17(20)16-28-22-9-4-3-8-21(22)27(23(28)26)14-5-15-29-19-12-10-18(25)11-13-19/h1-4,6-13,26H,5,14-16H2. The molecule has 0 saturated carbocycles. The summed E-state index contributed by atoms with van der Waals surface area (Å²) in [5.74, 6) is 0.364. The Morgan fingerprint density at radius 2 is 1.52 bits per heavy atom. The number of aromatic nitrogens is 2. The second kappa shape index (κ2) is 8.39. The molecule has 0 atom stereocenters. The van der Waals surface area contributed by atoms with Crippen molar-refractivity contribution in [3.63, 3.8) is 0 Å². The van der Waals surface area contributed by atoms with E-state index in [4.69, 9.17) is 18.0 Å². The van der Waals surface area contributed by atoms with E-state index in [1.54, 1.807) is 12.1 Å². The van der Waals surface area contributed by atoms with Crippen molar-refractivity contribution in [1.82, 2.24) is 9.13 Å². The zero-order chi connectivity index (χ0) is 20.2. The van der Waals surface area contributed by atoms with Crippen LogP contribution in [-0.2, 0) is 13.1 Å². The van der Waals surface area contributed by atoms with Crippen LogP contribution in [0, 0.1) is 11.2 Å². The lowest BCUT2D eigenvalue weighted by Crippen LogP contribution is -2.27. The van der Waals surface area contributed by atoms with Crippen molar-refractivity contribution in [2.45, 2.75) is 19.5 Å². The van der Waals surface area contributed by atoms with Gasteiger partial charge in [-0.1, -0.05) is 41.9 Å². The van der Waals surface area contributed by atoms with E-state index in [-0.39, 0.29) is 5.82 Å². The zero-order valence-corrected chi connectivity index (χ0v) is 16.0. The second-order valence-corrected chi connectivity index (χ2v) is 6.90. The lowest BCUT2D eigenvalue weighted by molar-refractivity contribution is 0.300. The van der Waals surface area contributed by atoms with E-state index < -0.39 is 0 Å². The maximum atomic E-state index is 13.0. The van der Waals surface area contributed by atoms with Crippen LogP contribution in [0.2, 0.25) is 0 Å². The van der Waals surface area contributed by atoms with Crippen LogP contribution in [0.15, 0.2) is 72.8 Å². The summed E-state index contributed by atoms with van der Waals surface area (Å²) in [5.41, 5.74) is 4.16. The van der Waals surface area contributed by atoms with Gasteiger partial charge in [0.2, 0.25) is 5.62 Å². The third-order valence-corrected chi connectivity index (χ3v) is 4.97. The van der Waals surface area contributed by atoms with E-state index in [0.29, 0.717) is 31.1 Å². The average molecular weight is 385 g/mol. The lowest BCUT2D eigenvalue weighted by Gasteiger charge is -2.09. The summed E-state index contributed by atoms with van der Waals surface area (Å²) in [7, 11) is 6.11. The molecule has 0 amide bonds. The first kappa shape index (κ1) is 19.1. The summed E-state index contributed by atoms with van der Waals surface area (Å²) < 4.78 is 22.6. The summed E-state index contributed by atoms with van der Waals surface area (Å²) in [5, 5.41) is 8.72. The van der Waals surface area contributed by atoms with Gasteiger partial charge in [-0.15, -0.1) is 0 Å². The molecular weight excluding hydrogens is 364 g/mol. The Kier molecular flexibility index (Phi) is 5.51. The van der Waals surface area contributed by atoms with Gasteiger partial charge in [0.25, 0.3) is 0 Å². The third-order valence-electron chi connectivity index (χ3n) is 4.97. The number of ether oxygens (including phenoxy) is 1. The molecule has 6 heteroatoms. The number of hydrogen-bond acceptors (Lipinski definition) is 2. The van der Waals surface area contributed by atoms with Gasteiger partial charge in [0.1, 0.15) is 19.4 Å². The fraction of sp³-hybridized carbons (Fsp3) is 0.174. The Morgan fingerprint density at radius 1 is 0.862 bits per heavy atom. The number of para-hydroxylation sites is 2. The van der Waals surface area contributed by atoms with E-state index in [2.05, 4.69) is 0 Å². The summed E-state index contributed by atoms with van der Waals surface area (Å²) in [4.78, 5) is 0. The highest BCUT2D eigenvalue weighted by Crippen LogP contribution is 2.15. The first-order valence-corrected chi connectivity index (χ1v) is 9.58. The Morgan fingerprint density at radius 3 is 2.24 bits per heavy atom. The molecule has 0 aliphatic heterocycles. The maximum Gasteiger partial charge on any atom is 0.203 e. The van der Waals surface area contributed by atoms with Crippen LogP contribution in [0.3, 0.4) is 0 Å². The molecule has 2 radical (unpaired) electrons. The van der Waals surface area contributed by atoms with Gasteiger partial charge in [-0.25, -0.2) is 4.39 Å². The topological polar surface area (TPSA) is 42.9 Å². The highest BCUT2D eigenvalue weighted by Gasteiger charge is 2.11. The van der Waals surface area contributed by atoms with Crippen LogP contribution >= 0.6 is 0 Å². The minimum Gasteiger partial charge on any atom is -0.494 e. The summed E-state index contributed by atoms with van der Waals surface area (Å²) in [6.45, 7) is 1.69. The van der Waals surface area contributed by atoms with Crippen molar-refractivity contribution < 1.29 is 9.13 Å². The number of fused-ring (bicyclic) bond motifs is 1. The minimum atomic E-state index is -0.279. The molecule has 0 bridgehead atoms. The number of rotatable bonds is 7. The predicted molar refractivity (Wildman–Crippen MR) is 113 cm³/mol. The molecular formula is C23H21BFN3O. The lowest BCUT2D eigenvalue weighted by atomic mass is 9.91. The van der Waals surface area contributed by atoms with Gasteiger partial charge in [0, 0.05) is 6.54 Å². The Balaban J connectivity index is 1.53. The van der Waals surface area contributed by atoms with Crippen molar-refractivity contribution in [1.29, 1.82) is 5.41 Å². The van der Waals surface area contributed by atoms with Crippen molar-refractivity contribution in [3.05, 3.63) is 89.8 Å². The fourth-order valence-electron chi connectivity index (χ4n) is 3.47. The molecule has 29 heavy (non-hydrogen) atoms. The molecule has 0 aliphatic rings. The first-order valence-electron chi connectivity index (χ1n) is 9.58. The molecule has 4 aromatic rings. The summed E-state index contributed by atoms with van der Waals surface area (Å²) >= 11 is 0. The first-order chi connectivity index (χ1) is 14.1. The molecule has 0 fully saturated rings. The fourth-order valence-corrected chi connectivity index (χ4v) is 3.47. The van der Waals surface area contributed by atoms with Crippen molar-refractivity contribution in [2.75, 3.05) is 6.61 Å². The molecule has 0 unspecified atom stereocenters. The van der Waals surface area contributed by atoms with Crippen molar-refractivity contribution >= 4 is 24.3 Å². The molecule has 1 heterocycles. The number of nitrogens with zero attached hydrogens (tertiary/aromatic N) is 2. The van der Waals surface area contributed by atoms with Crippen LogP contribution in [0.4, 0.5) is 4.39 Å². The van der Waals surface area contributed by atoms with E-state index in [0.717, 1.165) is 28.5 Å². The highest BCUT2D eigenvalue weighted by atomic mass is 19.1. The van der Waals surface area contributed by atoms with E-state index in [1.807, 2.05) is 57.7 Å². The highest BCUT2D eigenvalue weighted by molar-refractivity contribution is 6.33. The van der Waals surface area contributed by atoms with Crippen molar-refractivity contribution in [3.8, 4) is 5.75 Å². The Labute approximate surface area is 170 Å². The summed E-state index contributed by atoms with van der Waals surface area (Å²) in [6, 6.07) is 21.8. The quantitative estimate of drug-likeness (QED) is 0.385. The van der Waals surface area contributed by atoms with Gasteiger partial charge in [-0.05, 0) is 48.4 Å². The van der Waals surface area contributed by atoms with Crippen LogP contribution in [0.1, 0.15) is 12.0 Å². The number of benzene rings is 3. The molecule has 144 valence electrons. The normalized spacial score (nSPS) is 11.1. The molecule has 0 aliphatic carbocycles. The van der Waals surface area contributed by atoms with Crippen LogP contribution in [0.5, 0.6) is 5.75 Å². The van der Waals surface area contributed by atoms with Crippen molar-refractivity contribution in [2.24, 2.45) is 0 Å². The predicted octanol–water partition coefficient (Wildman–Crippen LogP) is 3.37. The van der Waals surface area contributed by atoms with Gasteiger partial charge in [-0.2, -0.15) is 0 Å².